The zero-order valence-electron chi connectivity index (χ0n) is 7.26. The predicted octanol–water partition coefficient (Wildman–Crippen LogP) is 1.54. The van der Waals surface area contributed by atoms with Crippen LogP contribution in [0.3, 0.4) is 0 Å². The van der Waals surface area contributed by atoms with E-state index in [9.17, 15) is 0 Å². The summed E-state index contributed by atoms with van der Waals surface area (Å²) in [7, 11) is 0. The Morgan fingerprint density at radius 2 is 2.00 bits per heavy atom. The molecule has 0 amide bonds. The van der Waals surface area contributed by atoms with Crippen LogP contribution in [0.15, 0.2) is 0 Å². The average Bonchev–Trinajstić information content (AvgIpc) is 1.89. The molecule has 62 valence electrons. The highest BCUT2D eigenvalue weighted by Gasteiger charge is 2.10. The summed E-state index contributed by atoms with van der Waals surface area (Å²) in [6, 6.07) is 0.213. The Balaban J connectivity index is 3.38. The second kappa shape index (κ2) is 5.69. The monoisotopic (exact) mass is 145 g/mol. The number of rotatable bonds is 5. The van der Waals surface area contributed by atoms with Crippen molar-refractivity contribution in [2.24, 2.45) is 5.73 Å². The van der Waals surface area contributed by atoms with Crippen LogP contribution in [0.25, 0.3) is 0 Å². The Morgan fingerprint density at radius 1 is 1.40 bits per heavy atom. The Labute approximate surface area is 63.7 Å². The maximum atomic E-state index is 5.79. The van der Waals surface area contributed by atoms with Crippen molar-refractivity contribution in [3.8, 4) is 0 Å². The molecule has 0 saturated carbocycles. The smallest absolute Gasteiger partial charge is 0.0697 e. The SMILES string of the molecule is CCC[C@@H](N)C(C)OCC. The van der Waals surface area contributed by atoms with Crippen LogP contribution in [0.5, 0.6) is 0 Å². The highest BCUT2D eigenvalue weighted by Crippen LogP contribution is 2.02. The van der Waals surface area contributed by atoms with Gasteiger partial charge in [-0.1, -0.05) is 13.3 Å². The van der Waals surface area contributed by atoms with Crippen LogP contribution in [-0.2, 0) is 4.74 Å². The summed E-state index contributed by atoms with van der Waals surface area (Å²) in [4.78, 5) is 0. The molecule has 1 unspecified atom stereocenters. The van der Waals surface area contributed by atoms with Crippen molar-refractivity contribution in [2.45, 2.75) is 45.8 Å². The summed E-state index contributed by atoms with van der Waals surface area (Å²) in [5.41, 5.74) is 5.79. The molecule has 2 nitrogen and oxygen atoms in total. The van der Waals surface area contributed by atoms with Gasteiger partial charge in [-0.2, -0.15) is 0 Å². The molecule has 0 rings (SSSR count). The van der Waals surface area contributed by atoms with Crippen molar-refractivity contribution in [3.63, 3.8) is 0 Å². The number of ether oxygens (including phenoxy) is 1. The van der Waals surface area contributed by atoms with Crippen LogP contribution in [0.1, 0.15) is 33.6 Å². The van der Waals surface area contributed by atoms with E-state index in [1.165, 1.54) is 0 Å². The molecule has 0 aromatic carbocycles. The second-order valence-electron chi connectivity index (χ2n) is 2.61. The lowest BCUT2D eigenvalue weighted by Gasteiger charge is -2.18. The quantitative estimate of drug-likeness (QED) is 0.637. The van der Waals surface area contributed by atoms with Gasteiger partial charge in [-0.25, -0.2) is 0 Å². The predicted molar refractivity (Wildman–Crippen MR) is 44.0 cm³/mol. The molecule has 0 radical (unpaired) electrons. The highest BCUT2D eigenvalue weighted by molar-refractivity contribution is 4.67. The molecule has 0 aliphatic heterocycles. The maximum Gasteiger partial charge on any atom is 0.0697 e. The lowest BCUT2D eigenvalue weighted by atomic mass is 10.1. The second-order valence-corrected chi connectivity index (χ2v) is 2.61. The molecular formula is C8H19NO. The van der Waals surface area contributed by atoms with E-state index in [-0.39, 0.29) is 12.1 Å². The summed E-state index contributed by atoms with van der Waals surface area (Å²) in [6.07, 6.45) is 2.41. The maximum absolute atomic E-state index is 5.79. The minimum absolute atomic E-state index is 0.213. The van der Waals surface area contributed by atoms with E-state index < -0.39 is 0 Å². The van der Waals surface area contributed by atoms with Gasteiger partial charge < -0.3 is 10.5 Å². The van der Waals surface area contributed by atoms with Crippen molar-refractivity contribution in [1.29, 1.82) is 0 Å². The number of nitrogens with two attached hydrogens (primary N) is 1. The Hall–Kier alpha value is -0.0800. The molecule has 0 fully saturated rings. The molecule has 10 heavy (non-hydrogen) atoms. The molecular weight excluding hydrogens is 126 g/mol. The van der Waals surface area contributed by atoms with Gasteiger partial charge in [-0.3, -0.25) is 0 Å². The van der Waals surface area contributed by atoms with Crippen LogP contribution in [0.2, 0.25) is 0 Å². The van der Waals surface area contributed by atoms with Crippen LogP contribution in [0, 0.1) is 0 Å². The molecule has 0 saturated heterocycles. The van der Waals surface area contributed by atoms with Crippen molar-refractivity contribution >= 4 is 0 Å². The lowest BCUT2D eigenvalue weighted by molar-refractivity contribution is 0.0554. The largest absolute Gasteiger partial charge is 0.377 e. The van der Waals surface area contributed by atoms with Gasteiger partial charge in [0.05, 0.1) is 6.10 Å². The van der Waals surface area contributed by atoms with Gasteiger partial charge in [0, 0.05) is 12.6 Å². The van der Waals surface area contributed by atoms with Gasteiger partial charge in [0.1, 0.15) is 0 Å². The van der Waals surface area contributed by atoms with Gasteiger partial charge in [0.15, 0.2) is 0 Å². The molecule has 2 N–H and O–H groups in total. The van der Waals surface area contributed by atoms with E-state index >= 15 is 0 Å². The minimum Gasteiger partial charge on any atom is -0.377 e. The van der Waals surface area contributed by atoms with Crippen molar-refractivity contribution < 1.29 is 4.74 Å². The van der Waals surface area contributed by atoms with Crippen molar-refractivity contribution in [1.82, 2.24) is 0 Å². The normalized spacial score (nSPS) is 16.8. The fraction of sp³-hybridized carbons (Fsp3) is 1.00. The van der Waals surface area contributed by atoms with E-state index in [4.69, 9.17) is 10.5 Å². The van der Waals surface area contributed by atoms with E-state index in [0.29, 0.717) is 0 Å². The van der Waals surface area contributed by atoms with Crippen molar-refractivity contribution in [3.05, 3.63) is 0 Å². The number of hydrogen-bond donors (Lipinski definition) is 1. The third-order valence-corrected chi connectivity index (χ3v) is 1.65. The van der Waals surface area contributed by atoms with Gasteiger partial charge in [0.2, 0.25) is 0 Å². The Kier molecular flexibility index (Phi) is 5.64. The van der Waals surface area contributed by atoms with Crippen LogP contribution in [0.4, 0.5) is 0 Å². The first-order chi connectivity index (χ1) is 4.72. The van der Waals surface area contributed by atoms with Gasteiger partial charge in [-0.15, -0.1) is 0 Å². The summed E-state index contributed by atoms with van der Waals surface area (Å²) >= 11 is 0. The van der Waals surface area contributed by atoms with Gasteiger partial charge in [-0.05, 0) is 20.3 Å². The summed E-state index contributed by atoms with van der Waals surface area (Å²) < 4.78 is 5.33. The van der Waals surface area contributed by atoms with Crippen LogP contribution in [-0.4, -0.2) is 18.8 Å². The molecule has 2 atom stereocenters. The van der Waals surface area contributed by atoms with Gasteiger partial charge >= 0.3 is 0 Å². The average molecular weight is 145 g/mol. The summed E-state index contributed by atoms with van der Waals surface area (Å²) in [5, 5.41) is 0. The van der Waals surface area contributed by atoms with E-state index in [0.717, 1.165) is 19.4 Å². The van der Waals surface area contributed by atoms with Crippen LogP contribution < -0.4 is 5.73 Å². The Bertz CT molecular complexity index is 65.7. The third kappa shape index (κ3) is 3.85. The molecule has 0 bridgehead atoms. The number of hydrogen-bond acceptors (Lipinski definition) is 2. The summed E-state index contributed by atoms with van der Waals surface area (Å²) in [5.74, 6) is 0. The van der Waals surface area contributed by atoms with E-state index in [1.807, 2.05) is 13.8 Å². The van der Waals surface area contributed by atoms with Crippen LogP contribution >= 0.6 is 0 Å². The Morgan fingerprint density at radius 3 is 2.40 bits per heavy atom. The molecule has 0 heterocycles. The highest BCUT2D eigenvalue weighted by atomic mass is 16.5. The van der Waals surface area contributed by atoms with E-state index in [1.54, 1.807) is 0 Å². The molecule has 2 heteroatoms. The molecule has 0 aliphatic carbocycles. The standard InChI is InChI=1S/C8H19NO/c1-4-6-8(9)7(3)10-5-2/h7-8H,4-6,9H2,1-3H3/t7?,8-/m1/s1. The molecule has 0 aromatic rings. The van der Waals surface area contributed by atoms with Crippen molar-refractivity contribution in [2.75, 3.05) is 6.61 Å². The fourth-order valence-electron chi connectivity index (χ4n) is 0.955. The first kappa shape index (κ1) is 9.92. The first-order valence-electron chi connectivity index (χ1n) is 4.09. The molecule has 0 spiro atoms. The molecule has 0 aromatic heterocycles. The minimum atomic E-state index is 0.213. The fourth-order valence-corrected chi connectivity index (χ4v) is 0.955. The first-order valence-corrected chi connectivity index (χ1v) is 4.09. The lowest BCUT2D eigenvalue weighted by Crippen LogP contribution is -2.34. The zero-order valence-corrected chi connectivity index (χ0v) is 7.26. The summed E-state index contributed by atoms with van der Waals surface area (Å²) in [6.45, 7) is 6.93. The molecule has 0 aliphatic rings. The van der Waals surface area contributed by atoms with Gasteiger partial charge in [0.25, 0.3) is 0 Å². The zero-order chi connectivity index (χ0) is 7.98. The van der Waals surface area contributed by atoms with E-state index in [2.05, 4.69) is 6.92 Å². The third-order valence-electron chi connectivity index (χ3n) is 1.65. The topological polar surface area (TPSA) is 35.2 Å².